The van der Waals surface area contributed by atoms with E-state index >= 15 is 0 Å². The summed E-state index contributed by atoms with van der Waals surface area (Å²) < 4.78 is 20.9. The Labute approximate surface area is 216 Å². The molecule has 1 aromatic rings. The van der Waals surface area contributed by atoms with Gasteiger partial charge >= 0.3 is 18.0 Å². The average molecular weight is 522 g/mol. The Kier molecular flexibility index (Phi) is 9.63. The zero-order valence-corrected chi connectivity index (χ0v) is 22.4. The third-order valence-electron chi connectivity index (χ3n) is 5.68. The number of esters is 2. The highest BCUT2D eigenvalue weighted by atomic mass is 32.2. The third kappa shape index (κ3) is 7.14. The van der Waals surface area contributed by atoms with Crippen molar-refractivity contribution in [2.24, 2.45) is 0 Å². The number of piperazine rings is 1. The smallest absolute Gasteiger partial charge is 0.410 e. The van der Waals surface area contributed by atoms with Crippen molar-refractivity contribution in [2.75, 3.05) is 70.9 Å². The molecule has 198 valence electrons. The molecule has 10 nitrogen and oxygen atoms in total. The van der Waals surface area contributed by atoms with Gasteiger partial charge in [0.2, 0.25) is 0 Å². The number of rotatable bonds is 7. The summed E-state index contributed by atoms with van der Waals surface area (Å²) in [6, 6.07) is 7.66. The van der Waals surface area contributed by atoms with E-state index in [4.69, 9.17) is 18.9 Å². The zero-order chi connectivity index (χ0) is 26.3. The van der Waals surface area contributed by atoms with Crippen LogP contribution in [0.1, 0.15) is 20.8 Å². The number of nitrogens with zero attached hydrogens (tertiary/aromatic N) is 3. The van der Waals surface area contributed by atoms with Crippen molar-refractivity contribution >= 4 is 35.5 Å². The minimum atomic E-state index is -0.629. The monoisotopic (exact) mass is 521 g/mol. The van der Waals surface area contributed by atoms with Crippen LogP contribution in [0.15, 0.2) is 40.4 Å². The van der Waals surface area contributed by atoms with Crippen molar-refractivity contribution in [2.45, 2.75) is 31.3 Å². The average Bonchev–Trinajstić information content (AvgIpc) is 2.87. The normalized spacial score (nSPS) is 17.1. The second-order valence-corrected chi connectivity index (χ2v) is 10.5. The van der Waals surface area contributed by atoms with Crippen LogP contribution in [0, 0.1) is 0 Å². The number of anilines is 1. The SMILES string of the molecule is COC(=O)C1=C(C(=O)OC)N(c2ccccc2SCCN2CCN(C(=O)OC(C)(C)C)CC2)COC1. The maximum Gasteiger partial charge on any atom is 0.410 e. The first-order chi connectivity index (χ1) is 17.1. The van der Waals surface area contributed by atoms with E-state index in [0.29, 0.717) is 13.1 Å². The topological polar surface area (TPSA) is 97.9 Å². The highest BCUT2D eigenvalue weighted by Crippen LogP contribution is 2.35. The van der Waals surface area contributed by atoms with E-state index in [1.807, 2.05) is 45.0 Å². The molecule has 1 amide bonds. The molecule has 36 heavy (non-hydrogen) atoms. The molecule has 0 spiro atoms. The van der Waals surface area contributed by atoms with Crippen molar-refractivity contribution in [3.05, 3.63) is 35.5 Å². The Hall–Kier alpha value is -2.76. The predicted octanol–water partition coefficient (Wildman–Crippen LogP) is 2.73. The van der Waals surface area contributed by atoms with Gasteiger partial charge in [0.15, 0.2) is 0 Å². The standard InChI is InChI=1S/C25H35N3O7S/c1-25(2,3)35-24(31)27-12-10-26(11-13-27)14-15-36-20-9-7-6-8-19(20)28-17-34-16-18(22(29)32-4)21(28)23(30)33-5/h6-9H,10-17H2,1-5H3. The molecule has 0 N–H and O–H groups in total. The van der Waals surface area contributed by atoms with E-state index in [1.165, 1.54) is 14.2 Å². The van der Waals surface area contributed by atoms with Crippen LogP contribution in [0.2, 0.25) is 0 Å². The summed E-state index contributed by atoms with van der Waals surface area (Å²) in [6.45, 7) is 9.33. The molecule has 1 aromatic carbocycles. The fourth-order valence-electron chi connectivity index (χ4n) is 3.90. The molecule has 2 aliphatic rings. The van der Waals surface area contributed by atoms with Crippen LogP contribution in [0.4, 0.5) is 10.5 Å². The molecule has 0 aromatic heterocycles. The van der Waals surface area contributed by atoms with Crippen LogP contribution in [0.3, 0.4) is 0 Å². The molecular formula is C25H35N3O7S. The first kappa shape index (κ1) is 27.8. The van der Waals surface area contributed by atoms with E-state index < -0.39 is 17.5 Å². The van der Waals surface area contributed by atoms with Crippen molar-refractivity contribution in [3.8, 4) is 0 Å². The highest BCUT2D eigenvalue weighted by molar-refractivity contribution is 7.99. The van der Waals surface area contributed by atoms with Gasteiger partial charge in [-0.15, -0.1) is 11.8 Å². The summed E-state index contributed by atoms with van der Waals surface area (Å²) >= 11 is 1.65. The van der Waals surface area contributed by atoms with Gasteiger partial charge in [-0.1, -0.05) is 12.1 Å². The lowest BCUT2D eigenvalue weighted by Crippen LogP contribution is -2.50. The van der Waals surface area contributed by atoms with E-state index in [0.717, 1.165) is 36.0 Å². The van der Waals surface area contributed by atoms with Gasteiger partial charge in [-0.3, -0.25) is 4.90 Å². The van der Waals surface area contributed by atoms with Crippen LogP contribution >= 0.6 is 11.8 Å². The Morgan fingerprint density at radius 1 is 1.00 bits per heavy atom. The Balaban J connectivity index is 1.64. The number of hydrogen-bond donors (Lipinski definition) is 0. The van der Waals surface area contributed by atoms with Crippen LogP contribution in [-0.2, 0) is 28.5 Å². The van der Waals surface area contributed by atoms with Crippen molar-refractivity contribution in [1.82, 2.24) is 9.80 Å². The fraction of sp³-hybridized carbons (Fsp3) is 0.560. The van der Waals surface area contributed by atoms with E-state index in [-0.39, 0.29) is 30.7 Å². The van der Waals surface area contributed by atoms with Gasteiger partial charge in [0.05, 0.1) is 32.1 Å². The molecule has 0 saturated carbocycles. The van der Waals surface area contributed by atoms with Crippen LogP contribution in [0.5, 0.6) is 0 Å². The van der Waals surface area contributed by atoms with Crippen molar-refractivity contribution < 1.29 is 33.3 Å². The molecule has 1 fully saturated rings. The van der Waals surface area contributed by atoms with Crippen molar-refractivity contribution in [1.29, 1.82) is 0 Å². The largest absolute Gasteiger partial charge is 0.466 e. The van der Waals surface area contributed by atoms with Crippen LogP contribution in [0.25, 0.3) is 0 Å². The molecule has 3 rings (SSSR count). The second-order valence-electron chi connectivity index (χ2n) is 9.34. The molecule has 11 heteroatoms. The van der Waals surface area contributed by atoms with Gasteiger partial charge in [0.1, 0.15) is 18.0 Å². The van der Waals surface area contributed by atoms with Gasteiger partial charge in [0.25, 0.3) is 0 Å². The van der Waals surface area contributed by atoms with Crippen LogP contribution in [-0.4, -0.2) is 99.5 Å². The molecule has 2 heterocycles. The summed E-state index contributed by atoms with van der Waals surface area (Å²) in [5, 5.41) is 0. The van der Waals surface area contributed by atoms with E-state index in [1.54, 1.807) is 21.6 Å². The number of amides is 1. The molecule has 0 bridgehead atoms. The third-order valence-corrected chi connectivity index (χ3v) is 6.72. The summed E-state index contributed by atoms with van der Waals surface area (Å²) in [5.74, 6) is -0.448. The van der Waals surface area contributed by atoms with Crippen molar-refractivity contribution in [3.63, 3.8) is 0 Å². The molecule has 0 radical (unpaired) electrons. The lowest BCUT2D eigenvalue weighted by molar-refractivity contribution is -0.140. The molecule has 0 atom stereocenters. The molecule has 0 aliphatic carbocycles. The summed E-state index contributed by atoms with van der Waals surface area (Å²) in [6.07, 6.45) is -0.269. The highest BCUT2D eigenvalue weighted by Gasteiger charge is 2.33. The van der Waals surface area contributed by atoms with Crippen LogP contribution < -0.4 is 4.90 Å². The minimum absolute atomic E-state index is 0.0296. The summed E-state index contributed by atoms with van der Waals surface area (Å²) in [5.41, 5.74) is 0.497. The number of carbonyl (C=O) groups is 3. The Morgan fingerprint density at radius 2 is 1.67 bits per heavy atom. The Morgan fingerprint density at radius 3 is 2.31 bits per heavy atom. The van der Waals surface area contributed by atoms with E-state index in [2.05, 4.69) is 4.90 Å². The maximum absolute atomic E-state index is 12.6. The van der Waals surface area contributed by atoms with Gasteiger partial charge in [-0.05, 0) is 32.9 Å². The number of thioether (sulfide) groups is 1. The van der Waals surface area contributed by atoms with Gasteiger partial charge in [0, 0.05) is 43.4 Å². The zero-order valence-electron chi connectivity index (χ0n) is 21.6. The number of para-hydroxylation sites is 1. The first-order valence-electron chi connectivity index (χ1n) is 11.8. The number of methoxy groups -OCH3 is 2. The van der Waals surface area contributed by atoms with Gasteiger partial charge in [-0.25, -0.2) is 14.4 Å². The summed E-state index contributed by atoms with van der Waals surface area (Å²) in [4.78, 5) is 43.9. The quantitative estimate of drug-likeness (QED) is 0.303. The lowest BCUT2D eigenvalue weighted by atomic mass is 10.1. The number of hydrogen-bond acceptors (Lipinski definition) is 10. The lowest BCUT2D eigenvalue weighted by Gasteiger charge is -2.35. The summed E-state index contributed by atoms with van der Waals surface area (Å²) in [7, 11) is 2.54. The van der Waals surface area contributed by atoms with Gasteiger partial charge < -0.3 is 28.7 Å². The molecule has 1 saturated heterocycles. The number of carbonyl (C=O) groups excluding carboxylic acids is 3. The van der Waals surface area contributed by atoms with E-state index in [9.17, 15) is 14.4 Å². The Bertz CT molecular complexity index is 984. The number of benzene rings is 1. The maximum atomic E-state index is 12.6. The molecule has 0 unspecified atom stereocenters. The second kappa shape index (κ2) is 12.5. The molecular weight excluding hydrogens is 486 g/mol. The molecule has 2 aliphatic heterocycles. The van der Waals surface area contributed by atoms with Gasteiger partial charge in [-0.2, -0.15) is 0 Å². The minimum Gasteiger partial charge on any atom is -0.466 e. The first-order valence-corrected chi connectivity index (χ1v) is 12.8. The fourth-order valence-corrected chi connectivity index (χ4v) is 4.97. The predicted molar refractivity (Wildman–Crippen MR) is 136 cm³/mol. The number of ether oxygens (including phenoxy) is 4.